The monoisotopic (exact) mass is 340 g/mol. The molecule has 2 aromatic rings. The summed E-state index contributed by atoms with van der Waals surface area (Å²) in [7, 11) is 0. The van der Waals surface area contributed by atoms with E-state index in [-0.39, 0.29) is 5.57 Å². The standard InChI is InChI=1S/C17H13BrN2O/c1-12-6-8-15(9-7-12)20-17(21)14(11-19)10-13-4-2-3-5-16(13)18/h2-10H,1H3,(H,20,21)/b14-10+. The highest BCUT2D eigenvalue weighted by atomic mass is 79.9. The minimum atomic E-state index is -0.419. The van der Waals surface area contributed by atoms with E-state index in [9.17, 15) is 10.1 Å². The molecule has 0 fully saturated rings. The topological polar surface area (TPSA) is 52.9 Å². The summed E-state index contributed by atoms with van der Waals surface area (Å²) in [6, 6.07) is 16.8. The lowest BCUT2D eigenvalue weighted by Gasteiger charge is -2.05. The molecule has 2 aromatic carbocycles. The number of nitrogens with one attached hydrogen (secondary N) is 1. The zero-order valence-electron chi connectivity index (χ0n) is 11.4. The maximum absolute atomic E-state index is 12.1. The predicted octanol–water partition coefficient (Wildman–Crippen LogP) is 4.30. The summed E-state index contributed by atoms with van der Waals surface area (Å²) >= 11 is 3.39. The van der Waals surface area contributed by atoms with Crippen molar-refractivity contribution in [2.45, 2.75) is 6.92 Å². The molecule has 104 valence electrons. The van der Waals surface area contributed by atoms with Crippen LogP contribution >= 0.6 is 15.9 Å². The van der Waals surface area contributed by atoms with Crippen molar-refractivity contribution in [3.8, 4) is 6.07 Å². The number of halogens is 1. The number of amides is 1. The quantitative estimate of drug-likeness (QED) is 0.668. The molecule has 0 saturated heterocycles. The van der Waals surface area contributed by atoms with Crippen LogP contribution in [0.15, 0.2) is 58.6 Å². The van der Waals surface area contributed by atoms with Gasteiger partial charge in [0.05, 0.1) is 0 Å². The van der Waals surface area contributed by atoms with Crippen molar-refractivity contribution in [3.63, 3.8) is 0 Å². The van der Waals surface area contributed by atoms with Gasteiger partial charge in [-0.1, -0.05) is 51.8 Å². The third-order valence-corrected chi connectivity index (χ3v) is 3.60. The van der Waals surface area contributed by atoms with E-state index in [1.54, 1.807) is 18.2 Å². The van der Waals surface area contributed by atoms with E-state index in [2.05, 4.69) is 21.2 Å². The van der Waals surface area contributed by atoms with Crippen LogP contribution in [0.1, 0.15) is 11.1 Å². The van der Waals surface area contributed by atoms with E-state index in [4.69, 9.17) is 0 Å². The molecule has 0 aromatic heterocycles. The van der Waals surface area contributed by atoms with Gasteiger partial charge in [-0.25, -0.2) is 0 Å². The number of hydrogen-bond donors (Lipinski definition) is 1. The maximum Gasteiger partial charge on any atom is 0.266 e. The van der Waals surface area contributed by atoms with Crippen molar-refractivity contribution >= 4 is 33.6 Å². The molecule has 0 aliphatic heterocycles. The number of aryl methyl sites for hydroxylation is 1. The molecule has 0 radical (unpaired) electrons. The smallest absolute Gasteiger partial charge is 0.266 e. The second-order valence-corrected chi connectivity index (χ2v) is 5.37. The number of nitriles is 1. The second-order valence-electron chi connectivity index (χ2n) is 4.51. The van der Waals surface area contributed by atoms with Crippen LogP contribution in [-0.4, -0.2) is 5.91 Å². The average molecular weight is 341 g/mol. The van der Waals surface area contributed by atoms with Gasteiger partial charge in [0, 0.05) is 10.2 Å². The summed E-state index contributed by atoms with van der Waals surface area (Å²) in [6.07, 6.45) is 1.56. The number of carbonyl (C=O) groups is 1. The Labute approximate surface area is 132 Å². The SMILES string of the molecule is Cc1ccc(NC(=O)/C(C#N)=C/c2ccccc2Br)cc1. The lowest BCUT2D eigenvalue weighted by atomic mass is 10.1. The molecular formula is C17H13BrN2O. The minimum absolute atomic E-state index is 0.0578. The van der Waals surface area contributed by atoms with Gasteiger partial charge in [0.15, 0.2) is 0 Å². The molecule has 0 bridgehead atoms. The van der Waals surface area contributed by atoms with Crippen molar-refractivity contribution < 1.29 is 4.79 Å². The van der Waals surface area contributed by atoms with Gasteiger partial charge in [-0.05, 0) is 36.8 Å². The zero-order valence-corrected chi connectivity index (χ0v) is 13.0. The van der Waals surface area contributed by atoms with Gasteiger partial charge in [-0.2, -0.15) is 5.26 Å². The van der Waals surface area contributed by atoms with Gasteiger partial charge in [0.25, 0.3) is 5.91 Å². The Hall–Kier alpha value is -2.38. The third kappa shape index (κ3) is 4.04. The van der Waals surface area contributed by atoms with E-state index in [1.165, 1.54) is 0 Å². The van der Waals surface area contributed by atoms with Crippen LogP contribution in [0, 0.1) is 18.3 Å². The fraction of sp³-hybridized carbons (Fsp3) is 0.0588. The van der Waals surface area contributed by atoms with Crippen LogP contribution in [0.25, 0.3) is 6.08 Å². The van der Waals surface area contributed by atoms with Crippen molar-refractivity contribution in [2.24, 2.45) is 0 Å². The Bertz CT molecular complexity index is 727. The zero-order chi connectivity index (χ0) is 15.2. The Morgan fingerprint density at radius 3 is 2.48 bits per heavy atom. The maximum atomic E-state index is 12.1. The average Bonchev–Trinajstić information content (AvgIpc) is 2.48. The van der Waals surface area contributed by atoms with E-state index < -0.39 is 5.91 Å². The molecule has 3 nitrogen and oxygen atoms in total. The van der Waals surface area contributed by atoms with Crippen LogP contribution in [0.4, 0.5) is 5.69 Å². The molecule has 0 spiro atoms. The molecule has 0 atom stereocenters. The van der Waals surface area contributed by atoms with Crippen LogP contribution in [0.5, 0.6) is 0 Å². The van der Waals surface area contributed by atoms with Gasteiger partial charge < -0.3 is 5.32 Å². The molecule has 2 rings (SSSR count). The molecular weight excluding hydrogens is 328 g/mol. The first-order chi connectivity index (χ1) is 10.1. The number of carbonyl (C=O) groups excluding carboxylic acids is 1. The Kier molecular flexibility index (Phi) is 4.91. The van der Waals surface area contributed by atoms with Crippen molar-refractivity contribution in [3.05, 3.63) is 69.7 Å². The predicted molar refractivity (Wildman–Crippen MR) is 87.5 cm³/mol. The lowest BCUT2D eigenvalue weighted by molar-refractivity contribution is -0.112. The summed E-state index contributed by atoms with van der Waals surface area (Å²) < 4.78 is 0.834. The second kappa shape index (κ2) is 6.87. The van der Waals surface area contributed by atoms with Crippen LogP contribution < -0.4 is 5.32 Å². The largest absolute Gasteiger partial charge is 0.321 e. The van der Waals surface area contributed by atoms with Gasteiger partial charge in [0.2, 0.25) is 0 Å². The number of anilines is 1. The van der Waals surface area contributed by atoms with E-state index in [0.29, 0.717) is 5.69 Å². The summed E-state index contributed by atoms with van der Waals surface area (Å²) in [4.78, 5) is 12.1. The number of rotatable bonds is 3. The molecule has 1 N–H and O–H groups in total. The van der Waals surface area contributed by atoms with Crippen LogP contribution in [0.3, 0.4) is 0 Å². The van der Waals surface area contributed by atoms with Crippen molar-refractivity contribution in [1.29, 1.82) is 5.26 Å². The van der Waals surface area contributed by atoms with E-state index in [0.717, 1.165) is 15.6 Å². The highest BCUT2D eigenvalue weighted by Gasteiger charge is 2.10. The molecule has 0 saturated carbocycles. The normalized spacial score (nSPS) is 10.8. The van der Waals surface area contributed by atoms with Gasteiger partial charge >= 0.3 is 0 Å². The Morgan fingerprint density at radius 1 is 1.19 bits per heavy atom. The van der Waals surface area contributed by atoms with E-state index >= 15 is 0 Å². The molecule has 4 heteroatoms. The fourth-order valence-corrected chi connectivity index (χ4v) is 2.13. The van der Waals surface area contributed by atoms with Gasteiger partial charge in [-0.3, -0.25) is 4.79 Å². The summed E-state index contributed by atoms with van der Waals surface area (Å²) in [5, 5.41) is 11.9. The van der Waals surface area contributed by atoms with Gasteiger partial charge in [-0.15, -0.1) is 0 Å². The molecule has 21 heavy (non-hydrogen) atoms. The molecule has 0 heterocycles. The number of benzene rings is 2. The molecule has 0 unspecified atom stereocenters. The fourth-order valence-electron chi connectivity index (χ4n) is 1.73. The lowest BCUT2D eigenvalue weighted by Crippen LogP contribution is -2.13. The Morgan fingerprint density at radius 2 is 1.86 bits per heavy atom. The van der Waals surface area contributed by atoms with Crippen LogP contribution in [-0.2, 0) is 4.79 Å². The number of hydrogen-bond acceptors (Lipinski definition) is 2. The number of nitrogens with zero attached hydrogens (tertiary/aromatic N) is 1. The molecule has 0 aliphatic rings. The highest BCUT2D eigenvalue weighted by Crippen LogP contribution is 2.19. The van der Waals surface area contributed by atoms with Gasteiger partial charge in [0.1, 0.15) is 11.6 Å². The van der Waals surface area contributed by atoms with Crippen molar-refractivity contribution in [2.75, 3.05) is 5.32 Å². The molecule has 1 amide bonds. The third-order valence-electron chi connectivity index (χ3n) is 2.88. The molecule has 0 aliphatic carbocycles. The summed E-state index contributed by atoms with van der Waals surface area (Å²) in [6.45, 7) is 1.97. The minimum Gasteiger partial charge on any atom is -0.321 e. The first kappa shape index (κ1) is 15.0. The van der Waals surface area contributed by atoms with E-state index in [1.807, 2.05) is 49.4 Å². The van der Waals surface area contributed by atoms with Crippen LogP contribution in [0.2, 0.25) is 0 Å². The first-order valence-electron chi connectivity index (χ1n) is 6.34. The first-order valence-corrected chi connectivity index (χ1v) is 7.14. The van der Waals surface area contributed by atoms with Crippen molar-refractivity contribution in [1.82, 2.24) is 0 Å². The summed E-state index contributed by atoms with van der Waals surface area (Å²) in [5.74, 6) is -0.419. The highest BCUT2D eigenvalue weighted by molar-refractivity contribution is 9.10. The summed E-state index contributed by atoms with van der Waals surface area (Å²) in [5.41, 5.74) is 2.62. The Balaban J connectivity index is 2.22.